The number of aromatic nitrogens is 2. The van der Waals surface area contributed by atoms with E-state index in [0.29, 0.717) is 11.6 Å². The number of hydrogen-bond acceptors (Lipinski definition) is 7. The lowest BCUT2D eigenvalue weighted by Crippen LogP contribution is -2.20. The summed E-state index contributed by atoms with van der Waals surface area (Å²) in [6, 6.07) is 16.3. The van der Waals surface area contributed by atoms with Crippen LogP contribution in [0.1, 0.15) is 0 Å². The SMILES string of the molecule is NC(=O)CSc1ccccc1NC(=O)COc1nnc(-c2ccccc2)o1. The summed E-state index contributed by atoms with van der Waals surface area (Å²) < 4.78 is 10.6. The van der Waals surface area contributed by atoms with Gasteiger partial charge < -0.3 is 20.2 Å². The molecule has 8 nitrogen and oxygen atoms in total. The summed E-state index contributed by atoms with van der Waals surface area (Å²) in [4.78, 5) is 23.8. The largest absolute Gasteiger partial charge is 0.439 e. The first-order valence-corrected chi connectivity index (χ1v) is 8.92. The molecule has 0 spiro atoms. The maximum atomic E-state index is 12.1. The van der Waals surface area contributed by atoms with Gasteiger partial charge in [0.05, 0.1) is 11.4 Å². The van der Waals surface area contributed by atoms with Crippen molar-refractivity contribution in [3.8, 4) is 17.5 Å². The summed E-state index contributed by atoms with van der Waals surface area (Å²) in [7, 11) is 0. The third kappa shape index (κ3) is 5.32. The lowest BCUT2D eigenvalue weighted by atomic mass is 10.2. The van der Waals surface area contributed by atoms with Crippen molar-refractivity contribution in [3.05, 3.63) is 54.6 Å². The van der Waals surface area contributed by atoms with E-state index in [-0.39, 0.29) is 18.4 Å². The molecule has 0 saturated heterocycles. The average molecular weight is 384 g/mol. The van der Waals surface area contributed by atoms with Crippen molar-refractivity contribution < 1.29 is 18.7 Å². The van der Waals surface area contributed by atoms with Gasteiger partial charge in [-0.3, -0.25) is 9.59 Å². The van der Waals surface area contributed by atoms with Crippen LogP contribution in [0.3, 0.4) is 0 Å². The van der Waals surface area contributed by atoms with Gasteiger partial charge in [-0.25, -0.2) is 0 Å². The molecule has 0 aliphatic carbocycles. The highest BCUT2D eigenvalue weighted by Crippen LogP contribution is 2.26. The number of benzene rings is 2. The zero-order chi connectivity index (χ0) is 19.1. The van der Waals surface area contributed by atoms with E-state index in [1.165, 1.54) is 11.8 Å². The van der Waals surface area contributed by atoms with Gasteiger partial charge in [-0.2, -0.15) is 0 Å². The van der Waals surface area contributed by atoms with Crippen LogP contribution in [0.15, 0.2) is 63.9 Å². The van der Waals surface area contributed by atoms with Crippen LogP contribution in [0, 0.1) is 0 Å². The molecule has 138 valence electrons. The Bertz CT molecular complexity index is 930. The molecule has 0 saturated carbocycles. The van der Waals surface area contributed by atoms with Crippen LogP contribution in [0.4, 0.5) is 5.69 Å². The van der Waals surface area contributed by atoms with E-state index >= 15 is 0 Å². The number of hydrogen-bond donors (Lipinski definition) is 2. The van der Waals surface area contributed by atoms with Crippen LogP contribution in [-0.4, -0.2) is 34.4 Å². The van der Waals surface area contributed by atoms with Gasteiger partial charge in [0.1, 0.15) is 0 Å². The van der Waals surface area contributed by atoms with Gasteiger partial charge in [0, 0.05) is 10.5 Å². The van der Waals surface area contributed by atoms with Gasteiger partial charge in [-0.1, -0.05) is 35.4 Å². The molecule has 0 radical (unpaired) electrons. The maximum Gasteiger partial charge on any atom is 0.415 e. The smallest absolute Gasteiger partial charge is 0.415 e. The first kappa shape index (κ1) is 18.5. The summed E-state index contributed by atoms with van der Waals surface area (Å²) in [5, 5.41) is 10.4. The fourth-order valence-corrected chi connectivity index (χ4v) is 2.87. The minimum absolute atomic E-state index is 0.0969. The van der Waals surface area contributed by atoms with Crippen molar-refractivity contribution in [1.29, 1.82) is 0 Å². The monoisotopic (exact) mass is 384 g/mol. The highest BCUT2D eigenvalue weighted by atomic mass is 32.2. The molecule has 0 aliphatic heterocycles. The molecule has 1 aromatic heterocycles. The molecule has 0 bridgehead atoms. The topological polar surface area (TPSA) is 120 Å². The minimum Gasteiger partial charge on any atom is -0.439 e. The maximum absolute atomic E-state index is 12.1. The lowest BCUT2D eigenvalue weighted by Gasteiger charge is -2.09. The van der Waals surface area contributed by atoms with E-state index in [2.05, 4.69) is 15.5 Å². The summed E-state index contributed by atoms with van der Waals surface area (Å²) in [5.41, 5.74) is 6.47. The van der Waals surface area contributed by atoms with Gasteiger partial charge in [-0.15, -0.1) is 16.9 Å². The third-order valence-electron chi connectivity index (χ3n) is 3.29. The number of amides is 2. The van der Waals surface area contributed by atoms with Crippen molar-refractivity contribution >= 4 is 29.3 Å². The Morgan fingerprint density at radius 2 is 1.81 bits per heavy atom. The van der Waals surface area contributed by atoms with E-state index in [1.807, 2.05) is 30.3 Å². The van der Waals surface area contributed by atoms with E-state index in [4.69, 9.17) is 14.9 Å². The van der Waals surface area contributed by atoms with Gasteiger partial charge in [0.25, 0.3) is 11.8 Å². The standard InChI is InChI=1S/C18H16N4O4S/c19-15(23)11-27-14-9-5-4-8-13(14)20-16(24)10-25-18-22-21-17(26-18)12-6-2-1-3-7-12/h1-9H,10-11H2,(H2,19,23)(H,20,24). The number of nitrogens with two attached hydrogens (primary N) is 1. The van der Waals surface area contributed by atoms with Crippen LogP contribution in [0.2, 0.25) is 0 Å². The zero-order valence-electron chi connectivity index (χ0n) is 14.1. The Morgan fingerprint density at radius 1 is 1.07 bits per heavy atom. The molecule has 2 amide bonds. The van der Waals surface area contributed by atoms with Crippen LogP contribution < -0.4 is 15.8 Å². The molecule has 3 aromatic rings. The molecule has 9 heteroatoms. The Labute approximate surface area is 159 Å². The van der Waals surface area contributed by atoms with Crippen LogP contribution >= 0.6 is 11.8 Å². The lowest BCUT2D eigenvalue weighted by molar-refractivity contribution is -0.118. The fraction of sp³-hybridized carbons (Fsp3) is 0.111. The molecule has 0 atom stereocenters. The Balaban J connectivity index is 1.56. The molecule has 0 unspecified atom stereocenters. The Morgan fingerprint density at radius 3 is 2.59 bits per heavy atom. The average Bonchev–Trinajstić information content (AvgIpc) is 3.15. The fourth-order valence-electron chi connectivity index (χ4n) is 2.12. The van der Waals surface area contributed by atoms with Gasteiger partial charge >= 0.3 is 6.08 Å². The molecule has 0 aliphatic rings. The highest BCUT2D eigenvalue weighted by Gasteiger charge is 2.12. The predicted octanol–water partition coefficient (Wildman–Crippen LogP) is 2.33. The van der Waals surface area contributed by atoms with Crippen molar-refractivity contribution in [2.45, 2.75) is 4.90 Å². The number of nitrogens with one attached hydrogen (secondary N) is 1. The first-order valence-electron chi connectivity index (χ1n) is 7.93. The normalized spacial score (nSPS) is 10.4. The molecular formula is C18H16N4O4S. The predicted molar refractivity (Wildman–Crippen MR) is 100 cm³/mol. The number of ether oxygens (including phenoxy) is 1. The molecular weight excluding hydrogens is 368 g/mol. The Kier molecular flexibility index (Phi) is 6.06. The first-order chi connectivity index (χ1) is 13.1. The molecule has 1 heterocycles. The van der Waals surface area contributed by atoms with E-state index in [1.54, 1.807) is 24.3 Å². The van der Waals surface area contributed by atoms with Crippen molar-refractivity contribution in [1.82, 2.24) is 10.2 Å². The number of carbonyl (C=O) groups excluding carboxylic acids is 2. The van der Waals surface area contributed by atoms with Crippen LogP contribution in [0.5, 0.6) is 6.08 Å². The summed E-state index contributed by atoms with van der Waals surface area (Å²) in [6.45, 7) is -0.300. The molecule has 0 fully saturated rings. The van der Waals surface area contributed by atoms with Gasteiger partial charge in [-0.05, 0) is 24.3 Å². The van der Waals surface area contributed by atoms with Crippen molar-refractivity contribution in [2.24, 2.45) is 5.73 Å². The van der Waals surface area contributed by atoms with E-state index in [0.717, 1.165) is 10.5 Å². The summed E-state index contributed by atoms with van der Waals surface area (Å²) >= 11 is 1.24. The van der Waals surface area contributed by atoms with Gasteiger partial charge in [0.2, 0.25) is 5.91 Å². The molecule has 2 aromatic carbocycles. The van der Waals surface area contributed by atoms with E-state index < -0.39 is 11.8 Å². The quantitative estimate of drug-likeness (QED) is 0.572. The van der Waals surface area contributed by atoms with Crippen molar-refractivity contribution in [3.63, 3.8) is 0 Å². The second-order valence-corrected chi connectivity index (χ2v) is 6.34. The molecule has 3 rings (SSSR count). The van der Waals surface area contributed by atoms with Crippen LogP contribution in [-0.2, 0) is 9.59 Å². The third-order valence-corrected chi connectivity index (χ3v) is 4.38. The zero-order valence-corrected chi connectivity index (χ0v) is 14.9. The number of para-hydroxylation sites is 1. The second kappa shape index (κ2) is 8.86. The number of rotatable bonds is 8. The molecule has 3 N–H and O–H groups in total. The number of anilines is 1. The Hall–Kier alpha value is -3.33. The second-order valence-electron chi connectivity index (χ2n) is 5.33. The summed E-state index contributed by atoms with van der Waals surface area (Å²) in [6.07, 6.45) is -0.0969. The summed E-state index contributed by atoms with van der Waals surface area (Å²) in [5.74, 6) is -0.413. The molecule has 27 heavy (non-hydrogen) atoms. The van der Waals surface area contributed by atoms with Crippen LogP contribution in [0.25, 0.3) is 11.5 Å². The highest BCUT2D eigenvalue weighted by molar-refractivity contribution is 8.00. The number of thioether (sulfide) groups is 1. The van der Waals surface area contributed by atoms with E-state index in [9.17, 15) is 9.59 Å². The van der Waals surface area contributed by atoms with Crippen molar-refractivity contribution in [2.75, 3.05) is 17.7 Å². The number of nitrogens with zero attached hydrogens (tertiary/aromatic N) is 2. The minimum atomic E-state index is -0.435. The van der Waals surface area contributed by atoms with Gasteiger partial charge in [0.15, 0.2) is 6.61 Å². The number of carbonyl (C=O) groups is 2. The number of primary amides is 1.